The molecule has 0 aliphatic carbocycles. The number of likely N-dealkylation sites (N-methyl/N-ethyl adjacent to an activating group) is 1. The molecule has 5 heteroatoms. The lowest BCUT2D eigenvalue weighted by molar-refractivity contribution is -0.112. The predicted octanol–water partition coefficient (Wildman–Crippen LogP) is 2.54. The Labute approximate surface area is 139 Å². The zero-order valence-electron chi connectivity index (χ0n) is 13.5. The van der Waals surface area contributed by atoms with Crippen LogP contribution < -0.4 is 10.8 Å². The molecule has 1 amide bonds. The Hall–Kier alpha value is -2.82. The minimum atomic E-state index is -0.340. The summed E-state index contributed by atoms with van der Waals surface area (Å²) in [5, 5.41) is 8.54. The van der Waals surface area contributed by atoms with Gasteiger partial charge in [0.15, 0.2) is 0 Å². The van der Waals surface area contributed by atoms with Crippen LogP contribution in [-0.4, -0.2) is 32.0 Å². The minimum Gasteiger partial charge on any atom is -0.322 e. The fourth-order valence-corrected chi connectivity index (χ4v) is 1.67. The van der Waals surface area contributed by atoms with Crippen LogP contribution >= 0.6 is 0 Å². The lowest BCUT2D eigenvalue weighted by Gasteiger charge is -2.13. The smallest absolute Gasteiger partial charge is 0.256 e. The van der Waals surface area contributed by atoms with Crippen molar-refractivity contribution in [2.75, 3.05) is 12.4 Å². The van der Waals surface area contributed by atoms with E-state index in [1.165, 1.54) is 6.21 Å². The molecular weight excluding hydrogens is 285 g/mol. The molecule has 116 valence electrons. The van der Waals surface area contributed by atoms with Gasteiger partial charge in [-0.1, -0.05) is 42.9 Å². The highest BCUT2D eigenvalue weighted by atomic mass is 16.1. The summed E-state index contributed by atoms with van der Waals surface area (Å²) in [4.78, 5) is 12.1. The molecule has 23 heavy (non-hydrogen) atoms. The van der Waals surface area contributed by atoms with Crippen molar-refractivity contribution in [3.8, 4) is 0 Å². The molecule has 1 aromatic rings. The summed E-state index contributed by atoms with van der Waals surface area (Å²) in [7, 11) is 7.44. The van der Waals surface area contributed by atoms with E-state index >= 15 is 0 Å². The Morgan fingerprint density at radius 3 is 2.78 bits per heavy atom. The Morgan fingerprint density at radius 1 is 1.43 bits per heavy atom. The van der Waals surface area contributed by atoms with E-state index in [1.54, 1.807) is 42.4 Å². The van der Waals surface area contributed by atoms with Gasteiger partial charge in [-0.25, -0.2) is 0 Å². The summed E-state index contributed by atoms with van der Waals surface area (Å²) < 4.78 is 0. The third kappa shape index (κ3) is 6.22. The quantitative estimate of drug-likeness (QED) is 0.277. The van der Waals surface area contributed by atoms with Crippen molar-refractivity contribution in [1.82, 2.24) is 5.01 Å². The van der Waals surface area contributed by atoms with Gasteiger partial charge in [0.05, 0.1) is 17.5 Å². The number of benzene rings is 1. The molecule has 1 N–H and O–H groups in total. The molecule has 1 aromatic carbocycles. The van der Waals surface area contributed by atoms with Gasteiger partial charge in [0, 0.05) is 12.7 Å². The third-order valence-electron chi connectivity index (χ3n) is 2.82. The van der Waals surface area contributed by atoms with E-state index in [0.717, 1.165) is 5.70 Å². The van der Waals surface area contributed by atoms with Crippen LogP contribution in [-0.2, 0) is 4.79 Å². The van der Waals surface area contributed by atoms with Gasteiger partial charge >= 0.3 is 0 Å². The van der Waals surface area contributed by atoms with Crippen LogP contribution in [0.25, 0.3) is 0 Å². The lowest BCUT2D eigenvalue weighted by Crippen LogP contribution is -2.17. The van der Waals surface area contributed by atoms with Crippen LogP contribution in [0.2, 0.25) is 0 Å². The van der Waals surface area contributed by atoms with E-state index in [-0.39, 0.29) is 11.5 Å². The summed E-state index contributed by atoms with van der Waals surface area (Å²) in [5.74, 6) is -0.340. The third-order valence-corrected chi connectivity index (χ3v) is 2.82. The molecule has 0 heterocycles. The number of nitrogens with one attached hydrogen (secondary N) is 1. The van der Waals surface area contributed by atoms with Gasteiger partial charge in [0.2, 0.25) is 0 Å². The van der Waals surface area contributed by atoms with Crippen molar-refractivity contribution in [3.05, 3.63) is 73.0 Å². The van der Waals surface area contributed by atoms with Crippen LogP contribution in [0.5, 0.6) is 0 Å². The first-order chi connectivity index (χ1) is 11.0. The van der Waals surface area contributed by atoms with Gasteiger partial charge in [-0.3, -0.25) is 9.80 Å². The molecule has 0 atom stereocenters. The van der Waals surface area contributed by atoms with Crippen LogP contribution in [0.4, 0.5) is 5.69 Å². The van der Waals surface area contributed by atoms with E-state index in [9.17, 15) is 4.79 Å². The molecule has 4 nitrogen and oxygen atoms in total. The van der Waals surface area contributed by atoms with Crippen molar-refractivity contribution in [1.29, 1.82) is 0 Å². The zero-order valence-corrected chi connectivity index (χ0v) is 13.5. The highest BCUT2D eigenvalue weighted by Crippen LogP contribution is 2.07. The van der Waals surface area contributed by atoms with E-state index in [0.29, 0.717) is 11.2 Å². The van der Waals surface area contributed by atoms with E-state index in [4.69, 9.17) is 7.85 Å². The van der Waals surface area contributed by atoms with Crippen LogP contribution in [0, 0.1) is 0 Å². The number of carbonyl (C=O) groups excluding carboxylic acids is 1. The maximum absolute atomic E-state index is 12.1. The average Bonchev–Trinajstić information content (AvgIpc) is 2.52. The highest BCUT2D eigenvalue weighted by molar-refractivity contribution is 6.32. The normalized spacial score (nSPS) is 11.7. The van der Waals surface area contributed by atoms with Crippen molar-refractivity contribution in [2.45, 2.75) is 6.92 Å². The van der Waals surface area contributed by atoms with Crippen LogP contribution in [0.3, 0.4) is 0 Å². The van der Waals surface area contributed by atoms with Gasteiger partial charge in [-0.05, 0) is 31.2 Å². The number of amides is 1. The molecule has 0 spiro atoms. The Kier molecular flexibility index (Phi) is 7.34. The summed E-state index contributed by atoms with van der Waals surface area (Å²) >= 11 is 0. The van der Waals surface area contributed by atoms with Crippen molar-refractivity contribution >= 4 is 31.1 Å². The van der Waals surface area contributed by atoms with Gasteiger partial charge in [-0.2, -0.15) is 5.10 Å². The molecule has 0 fully saturated rings. The number of allylic oxidation sites excluding steroid dienone is 4. The second-order valence-corrected chi connectivity index (χ2v) is 4.70. The van der Waals surface area contributed by atoms with Gasteiger partial charge in [-0.15, -0.1) is 0 Å². The molecule has 0 saturated carbocycles. The van der Waals surface area contributed by atoms with Crippen LogP contribution in [0.1, 0.15) is 6.92 Å². The minimum absolute atomic E-state index is 0.234. The molecule has 0 aliphatic rings. The number of rotatable bonds is 7. The summed E-state index contributed by atoms with van der Waals surface area (Å²) in [5.41, 5.74) is 2.26. The number of hydrazone groups is 1. The fraction of sp³-hybridized carbons (Fsp3) is 0.111. The van der Waals surface area contributed by atoms with Crippen molar-refractivity contribution < 1.29 is 4.79 Å². The molecule has 0 saturated heterocycles. The zero-order chi connectivity index (χ0) is 17.2. The molecule has 2 radical (unpaired) electrons. The van der Waals surface area contributed by atoms with Crippen molar-refractivity contribution in [3.63, 3.8) is 0 Å². The Bertz CT molecular complexity index is 675. The predicted molar refractivity (Wildman–Crippen MR) is 98.9 cm³/mol. The number of carbonyl (C=O) groups is 1. The molecule has 0 bridgehead atoms. The van der Waals surface area contributed by atoms with Gasteiger partial charge in [0.1, 0.15) is 7.85 Å². The SMILES string of the molecule is [B]c1cccc(NC(=O)C(=C)/C=N\N(C)C(/C=C\C)=C/C=C)c1. The summed E-state index contributed by atoms with van der Waals surface area (Å²) in [6, 6.07) is 6.93. The molecule has 1 rings (SSSR count). The average molecular weight is 305 g/mol. The topological polar surface area (TPSA) is 44.7 Å². The Morgan fingerprint density at radius 2 is 2.17 bits per heavy atom. The van der Waals surface area contributed by atoms with Crippen molar-refractivity contribution in [2.24, 2.45) is 5.10 Å². The number of hydrogen-bond acceptors (Lipinski definition) is 3. The number of nitrogens with zero attached hydrogens (tertiary/aromatic N) is 2. The van der Waals surface area contributed by atoms with E-state index < -0.39 is 0 Å². The van der Waals surface area contributed by atoms with Crippen LogP contribution in [0.15, 0.2) is 78.1 Å². The molecule has 0 aromatic heterocycles. The monoisotopic (exact) mass is 305 g/mol. The molecule has 0 unspecified atom stereocenters. The lowest BCUT2D eigenvalue weighted by atomic mass is 9.96. The molecule has 0 aliphatic heterocycles. The molecular formula is C18H20BN3O. The largest absolute Gasteiger partial charge is 0.322 e. The first-order valence-electron chi connectivity index (χ1n) is 7.07. The second kappa shape index (κ2) is 9.25. The Balaban J connectivity index is 2.72. The summed E-state index contributed by atoms with van der Waals surface area (Å²) in [6.45, 7) is 9.29. The summed E-state index contributed by atoms with van der Waals surface area (Å²) in [6.07, 6.45) is 8.66. The maximum Gasteiger partial charge on any atom is 0.256 e. The van der Waals surface area contributed by atoms with Gasteiger partial charge in [0.25, 0.3) is 5.91 Å². The first-order valence-corrected chi connectivity index (χ1v) is 7.07. The highest BCUT2D eigenvalue weighted by Gasteiger charge is 2.06. The van der Waals surface area contributed by atoms with Gasteiger partial charge < -0.3 is 5.32 Å². The van der Waals surface area contributed by atoms with E-state index in [1.807, 2.05) is 25.2 Å². The standard InChI is InChI=1S/C18H20BN3O/c1-5-8-17(9-6-2)22(4)20-13-14(3)18(23)21-16-11-7-10-15(19)12-16/h5-13H,1,3H2,2,4H3,(H,21,23)/b9-6-,17-8+,20-13-. The number of anilines is 1. The fourth-order valence-electron chi connectivity index (χ4n) is 1.67. The van der Waals surface area contributed by atoms with E-state index in [2.05, 4.69) is 23.6 Å². The number of hydrogen-bond donors (Lipinski definition) is 1. The maximum atomic E-state index is 12.1. The second-order valence-electron chi connectivity index (χ2n) is 4.70. The first kappa shape index (κ1) is 18.2.